The largest absolute Gasteiger partial charge is 0.324 e. The molecule has 1 saturated heterocycles. The van der Waals surface area contributed by atoms with Crippen molar-refractivity contribution in [2.75, 3.05) is 18.4 Å². The van der Waals surface area contributed by atoms with Gasteiger partial charge in [0.05, 0.1) is 17.8 Å². The maximum absolute atomic E-state index is 12.5. The van der Waals surface area contributed by atoms with Crippen LogP contribution in [0.1, 0.15) is 12.8 Å². The van der Waals surface area contributed by atoms with Crippen molar-refractivity contribution in [3.05, 3.63) is 24.3 Å². The SMILES string of the molecule is O=C(Nc1ccc(F)nc1)C1CCCNC1. The van der Waals surface area contributed by atoms with Crippen LogP contribution in [-0.2, 0) is 4.79 Å². The molecule has 1 aromatic heterocycles. The van der Waals surface area contributed by atoms with E-state index >= 15 is 0 Å². The third-order valence-electron chi connectivity index (χ3n) is 2.66. The number of carbonyl (C=O) groups is 1. The number of anilines is 1. The summed E-state index contributed by atoms with van der Waals surface area (Å²) in [5.74, 6) is -0.572. The number of piperidine rings is 1. The number of hydrogen-bond donors (Lipinski definition) is 2. The molecule has 1 atom stereocenters. The minimum absolute atomic E-state index is 0.00111. The van der Waals surface area contributed by atoms with Crippen LogP contribution < -0.4 is 10.6 Å². The molecule has 16 heavy (non-hydrogen) atoms. The smallest absolute Gasteiger partial charge is 0.228 e. The van der Waals surface area contributed by atoms with Crippen LogP contribution in [0.3, 0.4) is 0 Å². The average Bonchev–Trinajstić information content (AvgIpc) is 2.33. The monoisotopic (exact) mass is 223 g/mol. The first kappa shape index (κ1) is 11.0. The molecule has 1 aliphatic heterocycles. The first-order chi connectivity index (χ1) is 7.75. The zero-order valence-electron chi connectivity index (χ0n) is 8.87. The highest BCUT2D eigenvalue weighted by Gasteiger charge is 2.20. The van der Waals surface area contributed by atoms with E-state index in [4.69, 9.17) is 0 Å². The van der Waals surface area contributed by atoms with Crippen molar-refractivity contribution in [3.63, 3.8) is 0 Å². The molecule has 0 saturated carbocycles. The number of nitrogens with zero attached hydrogens (tertiary/aromatic N) is 1. The third-order valence-corrected chi connectivity index (χ3v) is 2.66. The first-order valence-electron chi connectivity index (χ1n) is 5.39. The van der Waals surface area contributed by atoms with E-state index in [1.165, 1.54) is 18.3 Å². The van der Waals surface area contributed by atoms with Gasteiger partial charge in [0.2, 0.25) is 11.9 Å². The molecule has 2 rings (SSSR count). The van der Waals surface area contributed by atoms with Crippen LogP contribution in [0.15, 0.2) is 18.3 Å². The fraction of sp³-hybridized carbons (Fsp3) is 0.455. The van der Waals surface area contributed by atoms with Gasteiger partial charge in [-0.3, -0.25) is 4.79 Å². The molecule has 0 aliphatic carbocycles. The van der Waals surface area contributed by atoms with Crippen molar-refractivity contribution < 1.29 is 9.18 Å². The van der Waals surface area contributed by atoms with Crippen molar-refractivity contribution in [1.29, 1.82) is 0 Å². The topological polar surface area (TPSA) is 54.0 Å². The Kier molecular flexibility index (Phi) is 3.46. The van der Waals surface area contributed by atoms with E-state index in [2.05, 4.69) is 15.6 Å². The van der Waals surface area contributed by atoms with E-state index < -0.39 is 5.95 Å². The van der Waals surface area contributed by atoms with Gasteiger partial charge in [0.25, 0.3) is 0 Å². The molecule has 0 aromatic carbocycles. The number of aromatic nitrogens is 1. The molecule has 0 spiro atoms. The maximum atomic E-state index is 12.5. The lowest BCUT2D eigenvalue weighted by atomic mass is 9.99. The van der Waals surface area contributed by atoms with E-state index in [1.807, 2.05) is 0 Å². The van der Waals surface area contributed by atoms with Crippen LogP contribution >= 0.6 is 0 Å². The summed E-state index contributed by atoms with van der Waals surface area (Å²) in [6.07, 6.45) is 3.23. The fourth-order valence-electron chi connectivity index (χ4n) is 1.77. The summed E-state index contributed by atoms with van der Waals surface area (Å²) >= 11 is 0. The van der Waals surface area contributed by atoms with Gasteiger partial charge < -0.3 is 10.6 Å². The first-order valence-corrected chi connectivity index (χ1v) is 5.39. The molecular weight excluding hydrogens is 209 g/mol. The minimum Gasteiger partial charge on any atom is -0.324 e. The molecule has 1 aromatic rings. The van der Waals surface area contributed by atoms with Crippen LogP contribution in [0.25, 0.3) is 0 Å². The number of rotatable bonds is 2. The van der Waals surface area contributed by atoms with Crippen molar-refractivity contribution in [2.45, 2.75) is 12.8 Å². The third kappa shape index (κ3) is 2.76. The summed E-state index contributed by atoms with van der Waals surface area (Å²) in [4.78, 5) is 15.3. The summed E-state index contributed by atoms with van der Waals surface area (Å²) in [6.45, 7) is 1.68. The zero-order valence-corrected chi connectivity index (χ0v) is 8.87. The van der Waals surface area contributed by atoms with Gasteiger partial charge >= 0.3 is 0 Å². The van der Waals surface area contributed by atoms with E-state index in [9.17, 15) is 9.18 Å². The van der Waals surface area contributed by atoms with Crippen molar-refractivity contribution in [3.8, 4) is 0 Å². The second kappa shape index (κ2) is 5.03. The highest BCUT2D eigenvalue weighted by atomic mass is 19.1. The summed E-state index contributed by atoms with van der Waals surface area (Å²) in [6, 6.07) is 2.74. The number of hydrogen-bond acceptors (Lipinski definition) is 3. The Morgan fingerprint density at radius 3 is 3.06 bits per heavy atom. The molecule has 1 aliphatic rings. The van der Waals surface area contributed by atoms with Crippen LogP contribution in [0.2, 0.25) is 0 Å². The van der Waals surface area contributed by atoms with Crippen molar-refractivity contribution >= 4 is 11.6 Å². The molecule has 0 bridgehead atoms. The van der Waals surface area contributed by atoms with Gasteiger partial charge in [-0.25, -0.2) is 4.98 Å². The molecule has 0 radical (unpaired) electrons. The molecule has 1 unspecified atom stereocenters. The molecular formula is C11H14FN3O. The molecule has 2 N–H and O–H groups in total. The van der Waals surface area contributed by atoms with Gasteiger partial charge in [0.15, 0.2) is 0 Å². The Balaban J connectivity index is 1.93. The predicted molar refractivity (Wildman–Crippen MR) is 58.4 cm³/mol. The highest BCUT2D eigenvalue weighted by Crippen LogP contribution is 2.13. The van der Waals surface area contributed by atoms with Gasteiger partial charge in [0, 0.05) is 6.54 Å². The normalized spacial score (nSPS) is 20.4. The molecule has 1 amide bonds. The Morgan fingerprint density at radius 2 is 2.44 bits per heavy atom. The Hall–Kier alpha value is -1.49. The lowest BCUT2D eigenvalue weighted by Crippen LogP contribution is -2.37. The van der Waals surface area contributed by atoms with E-state index in [1.54, 1.807) is 0 Å². The van der Waals surface area contributed by atoms with Crippen LogP contribution in [0.4, 0.5) is 10.1 Å². The van der Waals surface area contributed by atoms with E-state index in [0.29, 0.717) is 12.2 Å². The summed E-state index contributed by atoms with van der Waals surface area (Å²) in [5.41, 5.74) is 0.539. The predicted octanol–water partition coefficient (Wildman–Crippen LogP) is 1.16. The van der Waals surface area contributed by atoms with Crippen LogP contribution in [0, 0.1) is 11.9 Å². The van der Waals surface area contributed by atoms with Gasteiger partial charge in [-0.15, -0.1) is 0 Å². The van der Waals surface area contributed by atoms with E-state index in [0.717, 1.165) is 19.4 Å². The second-order valence-corrected chi connectivity index (χ2v) is 3.90. The number of carbonyl (C=O) groups excluding carboxylic acids is 1. The number of nitrogens with one attached hydrogen (secondary N) is 2. The van der Waals surface area contributed by atoms with Crippen molar-refractivity contribution in [1.82, 2.24) is 10.3 Å². The number of pyridine rings is 1. The summed E-state index contributed by atoms with van der Waals surface area (Å²) in [5, 5.41) is 5.90. The van der Waals surface area contributed by atoms with Crippen LogP contribution in [-0.4, -0.2) is 24.0 Å². The van der Waals surface area contributed by atoms with Gasteiger partial charge in [0.1, 0.15) is 0 Å². The van der Waals surface area contributed by atoms with Gasteiger partial charge in [-0.05, 0) is 31.5 Å². The Labute approximate surface area is 93.3 Å². The molecule has 5 heteroatoms. The molecule has 2 heterocycles. The lowest BCUT2D eigenvalue weighted by molar-refractivity contribution is -0.120. The second-order valence-electron chi connectivity index (χ2n) is 3.90. The molecule has 4 nitrogen and oxygen atoms in total. The lowest BCUT2D eigenvalue weighted by Gasteiger charge is -2.21. The Morgan fingerprint density at radius 1 is 1.56 bits per heavy atom. The average molecular weight is 223 g/mol. The quantitative estimate of drug-likeness (QED) is 0.740. The van der Waals surface area contributed by atoms with Crippen LogP contribution in [0.5, 0.6) is 0 Å². The minimum atomic E-state index is -0.544. The standard InChI is InChI=1S/C11H14FN3O/c12-10-4-3-9(7-14-10)15-11(16)8-2-1-5-13-6-8/h3-4,7-8,13H,1-2,5-6H2,(H,15,16). The summed E-state index contributed by atoms with van der Waals surface area (Å²) in [7, 11) is 0. The maximum Gasteiger partial charge on any atom is 0.228 e. The Bertz CT molecular complexity index is 360. The molecule has 1 fully saturated rings. The zero-order chi connectivity index (χ0) is 11.4. The number of halogens is 1. The molecule has 86 valence electrons. The highest BCUT2D eigenvalue weighted by molar-refractivity contribution is 5.92. The van der Waals surface area contributed by atoms with Gasteiger partial charge in [-0.1, -0.05) is 0 Å². The fourth-order valence-corrected chi connectivity index (χ4v) is 1.77. The van der Waals surface area contributed by atoms with Gasteiger partial charge in [-0.2, -0.15) is 4.39 Å². The van der Waals surface area contributed by atoms with Crippen molar-refractivity contribution in [2.24, 2.45) is 5.92 Å². The number of amides is 1. The van der Waals surface area contributed by atoms with E-state index in [-0.39, 0.29) is 11.8 Å². The summed E-state index contributed by atoms with van der Waals surface area (Å²) < 4.78 is 12.5.